The van der Waals surface area contributed by atoms with Crippen LogP contribution in [0.25, 0.3) is 0 Å². The Hall–Kier alpha value is -1.07. The fraction of sp³-hybridized carbons (Fsp3) is 0.692. The summed E-state index contributed by atoms with van der Waals surface area (Å²) in [5, 5.41) is 7.24. The number of rotatable bonds is 4. The highest BCUT2D eigenvalue weighted by Crippen LogP contribution is 2.18. The second kappa shape index (κ2) is 6.91. The van der Waals surface area contributed by atoms with Crippen LogP contribution in [-0.4, -0.2) is 28.3 Å². The minimum absolute atomic E-state index is 0. The van der Waals surface area contributed by atoms with Crippen molar-refractivity contribution >= 4 is 18.3 Å². The van der Waals surface area contributed by atoms with Gasteiger partial charge in [-0.15, -0.1) is 12.4 Å². The van der Waals surface area contributed by atoms with Gasteiger partial charge in [0.25, 0.3) is 0 Å². The number of amides is 1. The highest BCUT2D eigenvalue weighted by atomic mass is 35.5. The first-order valence-corrected chi connectivity index (χ1v) is 6.24. The highest BCUT2D eigenvalue weighted by Gasteiger charge is 2.24. The van der Waals surface area contributed by atoms with Gasteiger partial charge in [0.1, 0.15) is 6.54 Å². The van der Waals surface area contributed by atoms with Gasteiger partial charge in [-0.25, -0.2) is 0 Å². The van der Waals surface area contributed by atoms with E-state index in [4.69, 9.17) is 5.73 Å². The molecule has 1 atom stereocenters. The van der Waals surface area contributed by atoms with Crippen LogP contribution in [0, 0.1) is 19.3 Å². The number of carbonyl (C=O) groups is 1. The maximum atomic E-state index is 12.0. The van der Waals surface area contributed by atoms with E-state index in [1.165, 1.54) is 0 Å². The highest BCUT2D eigenvalue weighted by molar-refractivity contribution is 5.85. The molecule has 0 bridgehead atoms. The van der Waals surface area contributed by atoms with Crippen LogP contribution in [0.3, 0.4) is 0 Å². The van der Waals surface area contributed by atoms with E-state index in [-0.39, 0.29) is 36.3 Å². The van der Waals surface area contributed by atoms with Gasteiger partial charge >= 0.3 is 0 Å². The number of nitrogens with one attached hydrogen (secondary N) is 1. The Bertz CT molecular complexity index is 423. The number of nitrogens with two attached hydrogens (primary N) is 1. The molecule has 19 heavy (non-hydrogen) atoms. The minimum Gasteiger partial charge on any atom is -0.350 e. The van der Waals surface area contributed by atoms with Gasteiger partial charge in [0.2, 0.25) is 5.91 Å². The average Bonchev–Trinajstić information content (AvgIpc) is 2.52. The molecule has 1 aromatic heterocycles. The number of hydrogen-bond donors (Lipinski definition) is 2. The van der Waals surface area contributed by atoms with Gasteiger partial charge in [0, 0.05) is 18.3 Å². The van der Waals surface area contributed by atoms with E-state index in [0.717, 1.165) is 11.4 Å². The van der Waals surface area contributed by atoms with Crippen LogP contribution < -0.4 is 11.1 Å². The van der Waals surface area contributed by atoms with Crippen molar-refractivity contribution in [3.05, 3.63) is 17.5 Å². The Balaban J connectivity index is 0.00000324. The topological polar surface area (TPSA) is 72.9 Å². The quantitative estimate of drug-likeness (QED) is 0.880. The number of aromatic nitrogens is 2. The van der Waals surface area contributed by atoms with Gasteiger partial charge in [0.05, 0.1) is 5.69 Å². The third kappa shape index (κ3) is 5.20. The first-order valence-electron chi connectivity index (χ1n) is 6.24. The summed E-state index contributed by atoms with van der Waals surface area (Å²) in [6.45, 7) is 10.7. The number of carbonyl (C=O) groups excluding carboxylic acids is 1. The van der Waals surface area contributed by atoms with E-state index in [0.29, 0.717) is 6.54 Å². The van der Waals surface area contributed by atoms with Crippen molar-refractivity contribution in [2.24, 2.45) is 11.1 Å². The molecule has 0 aliphatic rings. The summed E-state index contributed by atoms with van der Waals surface area (Å²) in [5.74, 6) is -0.0495. The van der Waals surface area contributed by atoms with Crippen LogP contribution in [0.5, 0.6) is 0 Å². The van der Waals surface area contributed by atoms with Crippen LogP contribution in [0.15, 0.2) is 6.07 Å². The molecule has 1 unspecified atom stereocenters. The molecule has 3 N–H and O–H groups in total. The normalized spacial score (nSPS) is 12.7. The lowest BCUT2D eigenvalue weighted by molar-refractivity contribution is -0.123. The first kappa shape index (κ1) is 17.9. The Labute approximate surface area is 121 Å². The predicted molar refractivity (Wildman–Crippen MR) is 79.4 cm³/mol. The van der Waals surface area contributed by atoms with Crippen LogP contribution in [0.2, 0.25) is 0 Å². The van der Waals surface area contributed by atoms with E-state index in [2.05, 4.69) is 31.2 Å². The molecular weight excluding hydrogens is 264 g/mol. The molecule has 0 radical (unpaired) electrons. The molecule has 1 aromatic rings. The molecule has 0 saturated carbocycles. The van der Waals surface area contributed by atoms with Gasteiger partial charge in [-0.05, 0) is 25.3 Å². The van der Waals surface area contributed by atoms with Gasteiger partial charge in [-0.2, -0.15) is 5.10 Å². The maximum absolute atomic E-state index is 12.0. The summed E-state index contributed by atoms with van der Waals surface area (Å²) in [6.07, 6.45) is 0. The second-order valence-corrected chi connectivity index (χ2v) is 5.81. The van der Waals surface area contributed by atoms with E-state index in [9.17, 15) is 4.79 Å². The summed E-state index contributed by atoms with van der Waals surface area (Å²) in [4.78, 5) is 12.0. The van der Waals surface area contributed by atoms with Crippen molar-refractivity contribution < 1.29 is 4.79 Å². The number of aryl methyl sites for hydroxylation is 2. The van der Waals surface area contributed by atoms with E-state index >= 15 is 0 Å². The monoisotopic (exact) mass is 288 g/mol. The summed E-state index contributed by atoms with van der Waals surface area (Å²) < 4.78 is 1.71. The maximum Gasteiger partial charge on any atom is 0.242 e. The van der Waals surface area contributed by atoms with Crippen molar-refractivity contribution in [1.29, 1.82) is 0 Å². The molecule has 0 aromatic carbocycles. The second-order valence-electron chi connectivity index (χ2n) is 5.81. The largest absolute Gasteiger partial charge is 0.350 e. The van der Waals surface area contributed by atoms with Crippen molar-refractivity contribution in [3.8, 4) is 0 Å². The van der Waals surface area contributed by atoms with Gasteiger partial charge < -0.3 is 11.1 Å². The third-order valence-electron chi connectivity index (χ3n) is 3.01. The molecule has 0 spiro atoms. The minimum atomic E-state index is -0.0495. The molecule has 1 rings (SSSR count). The van der Waals surface area contributed by atoms with Crippen molar-refractivity contribution in [3.63, 3.8) is 0 Å². The van der Waals surface area contributed by atoms with Crippen molar-refractivity contribution in [1.82, 2.24) is 15.1 Å². The van der Waals surface area contributed by atoms with Gasteiger partial charge in [0.15, 0.2) is 0 Å². The summed E-state index contributed by atoms with van der Waals surface area (Å²) in [7, 11) is 0. The standard InChI is InChI=1S/C13H24N4O.ClH/c1-9-6-10(2)17(16-9)8-12(18)15-11(7-14)13(3,4)5;/h6,11H,7-8,14H2,1-5H3,(H,15,18);1H. The van der Waals surface area contributed by atoms with Crippen LogP contribution in [-0.2, 0) is 11.3 Å². The Morgan fingerprint density at radius 2 is 2.05 bits per heavy atom. The molecule has 6 heteroatoms. The van der Waals surface area contributed by atoms with Crippen molar-refractivity contribution in [2.75, 3.05) is 6.54 Å². The van der Waals surface area contributed by atoms with E-state index < -0.39 is 0 Å². The summed E-state index contributed by atoms with van der Waals surface area (Å²) in [6, 6.07) is 1.93. The predicted octanol–water partition coefficient (Wildman–Crippen LogP) is 1.41. The number of halogens is 1. The number of nitrogens with zero attached hydrogens (tertiary/aromatic N) is 2. The molecule has 110 valence electrons. The molecule has 0 saturated heterocycles. The lowest BCUT2D eigenvalue weighted by Gasteiger charge is -2.30. The molecule has 0 aliphatic heterocycles. The summed E-state index contributed by atoms with van der Waals surface area (Å²) >= 11 is 0. The van der Waals surface area contributed by atoms with E-state index in [1.54, 1.807) is 4.68 Å². The van der Waals surface area contributed by atoms with E-state index in [1.807, 2.05) is 19.9 Å². The zero-order valence-corrected chi connectivity index (χ0v) is 13.2. The molecule has 5 nitrogen and oxygen atoms in total. The zero-order chi connectivity index (χ0) is 13.9. The fourth-order valence-corrected chi connectivity index (χ4v) is 1.84. The fourth-order valence-electron chi connectivity index (χ4n) is 1.84. The lowest BCUT2D eigenvalue weighted by atomic mass is 9.87. The molecule has 0 fully saturated rings. The van der Waals surface area contributed by atoms with Crippen LogP contribution in [0.4, 0.5) is 0 Å². The van der Waals surface area contributed by atoms with Gasteiger partial charge in [-0.3, -0.25) is 9.48 Å². The third-order valence-corrected chi connectivity index (χ3v) is 3.01. The summed E-state index contributed by atoms with van der Waals surface area (Å²) in [5.41, 5.74) is 7.57. The first-order chi connectivity index (χ1) is 8.24. The smallest absolute Gasteiger partial charge is 0.242 e. The average molecular weight is 289 g/mol. The Kier molecular flexibility index (Phi) is 6.52. The molecule has 1 heterocycles. The molecule has 1 amide bonds. The number of hydrogen-bond acceptors (Lipinski definition) is 3. The Morgan fingerprint density at radius 3 is 2.42 bits per heavy atom. The lowest BCUT2D eigenvalue weighted by Crippen LogP contribution is -2.49. The van der Waals surface area contributed by atoms with Crippen molar-refractivity contribution in [2.45, 2.75) is 47.2 Å². The Morgan fingerprint density at radius 1 is 1.47 bits per heavy atom. The van der Waals surface area contributed by atoms with Crippen LogP contribution >= 0.6 is 12.4 Å². The van der Waals surface area contributed by atoms with Gasteiger partial charge in [-0.1, -0.05) is 20.8 Å². The SMILES string of the molecule is Cc1cc(C)n(CC(=O)NC(CN)C(C)(C)C)n1.Cl. The zero-order valence-electron chi connectivity index (χ0n) is 12.4. The van der Waals surface area contributed by atoms with Crippen LogP contribution in [0.1, 0.15) is 32.2 Å². The molecule has 0 aliphatic carbocycles. The molecular formula is C13H25ClN4O.